The monoisotopic (exact) mass is 294 g/mol. The molecule has 0 spiro atoms. The largest absolute Gasteiger partial charge is 0.507 e. The molecule has 2 aromatic rings. The fourth-order valence-electron chi connectivity index (χ4n) is 1.71. The Morgan fingerprint density at radius 3 is 1.45 bits per heavy atom. The van der Waals surface area contributed by atoms with E-state index in [0.717, 1.165) is 11.4 Å². The lowest BCUT2D eigenvalue weighted by molar-refractivity contribution is 0.474. The van der Waals surface area contributed by atoms with E-state index in [1.807, 2.05) is 26.0 Å². The highest BCUT2D eigenvalue weighted by Gasteiger charge is 1.98. The summed E-state index contributed by atoms with van der Waals surface area (Å²) in [6.07, 6.45) is 3.20. The summed E-state index contributed by atoms with van der Waals surface area (Å²) >= 11 is 0. The number of aromatic hydroxyl groups is 2. The predicted molar refractivity (Wildman–Crippen MR) is 89.8 cm³/mol. The molecule has 0 fully saturated rings. The van der Waals surface area contributed by atoms with Crippen LogP contribution in [0.4, 0.5) is 0 Å². The van der Waals surface area contributed by atoms with Crippen molar-refractivity contribution in [2.45, 2.75) is 13.8 Å². The summed E-state index contributed by atoms with van der Waals surface area (Å²) < 4.78 is 0. The number of aliphatic imine (C=N–C) groups is 2. The molecule has 0 aliphatic heterocycles. The first-order valence-electron chi connectivity index (χ1n) is 6.89. The van der Waals surface area contributed by atoms with Gasteiger partial charge in [0.2, 0.25) is 0 Å². The summed E-state index contributed by atoms with van der Waals surface area (Å²) in [7, 11) is 0. The molecule has 2 aromatic carbocycles. The number of phenols is 2. The third-order valence-corrected chi connectivity index (χ3v) is 3.19. The van der Waals surface area contributed by atoms with Crippen molar-refractivity contribution in [3.05, 3.63) is 71.1 Å². The summed E-state index contributed by atoms with van der Waals surface area (Å²) in [5.74, 6) is 0.379. The summed E-state index contributed by atoms with van der Waals surface area (Å²) in [6, 6.07) is 14.0. The number of para-hydroxylation sites is 2. The Morgan fingerprint density at radius 1 is 0.727 bits per heavy atom. The highest BCUT2D eigenvalue weighted by atomic mass is 16.3. The van der Waals surface area contributed by atoms with Gasteiger partial charge in [-0.25, -0.2) is 0 Å². The molecule has 0 saturated carbocycles. The maximum atomic E-state index is 9.68. The number of allylic oxidation sites excluding steroid dienone is 2. The lowest BCUT2D eigenvalue weighted by Crippen LogP contribution is -1.86. The number of rotatable bonds is 4. The van der Waals surface area contributed by atoms with Gasteiger partial charge in [-0.1, -0.05) is 24.3 Å². The Labute approximate surface area is 129 Å². The van der Waals surface area contributed by atoms with E-state index in [9.17, 15) is 10.2 Å². The molecular formula is C18H18N2O2. The highest BCUT2D eigenvalue weighted by Crippen LogP contribution is 2.16. The Kier molecular flexibility index (Phi) is 5.09. The second-order valence-electron chi connectivity index (χ2n) is 4.80. The first-order chi connectivity index (χ1) is 10.6. The van der Waals surface area contributed by atoms with Gasteiger partial charge in [0.25, 0.3) is 0 Å². The van der Waals surface area contributed by atoms with Crippen molar-refractivity contribution in [3.8, 4) is 11.5 Å². The molecule has 0 unspecified atom stereocenters. The molecule has 0 atom stereocenters. The Balaban J connectivity index is 2.16. The summed E-state index contributed by atoms with van der Waals surface area (Å²) in [4.78, 5) is 8.62. The van der Waals surface area contributed by atoms with Gasteiger partial charge in [-0.3, -0.25) is 9.98 Å². The fourth-order valence-corrected chi connectivity index (χ4v) is 1.71. The molecule has 0 radical (unpaired) electrons. The maximum Gasteiger partial charge on any atom is 0.124 e. The molecule has 22 heavy (non-hydrogen) atoms. The van der Waals surface area contributed by atoms with Crippen LogP contribution >= 0.6 is 0 Å². The molecule has 0 aliphatic carbocycles. The molecule has 2 rings (SSSR count). The molecule has 112 valence electrons. The molecule has 0 aromatic heterocycles. The average Bonchev–Trinajstić information content (AvgIpc) is 2.52. The van der Waals surface area contributed by atoms with Gasteiger partial charge in [0.05, 0.1) is 11.4 Å². The van der Waals surface area contributed by atoms with Gasteiger partial charge in [0, 0.05) is 23.6 Å². The zero-order chi connectivity index (χ0) is 15.9. The van der Waals surface area contributed by atoms with E-state index in [2.05, 4.69) is 9.98 Å². The minimum atomic E-state index is 0.189. The van der Waals surface area contributed by atoms with Crippen LogP contribution in [0, 0.1) is 0 Å². The number of nitrogens with zero attached hydrogens (tertiary/aromatic N) is 2. The van der Waals surface area contributed by atoms with Crippen molar-refractivity contribution in [2.75, 3.05) is 0 Å². The summed E-state index contributed by atoms with van der Waals surface area (Å²) in [6.45, 7) is 3.68. The van der Waals surface area contributed by atoms with Crippen molar-refractivity contribution in [1.29, 1.82) is 0 Å². The van der Waals surface area contributed by atoms with E-state index in [4.69, 9.17) is 0 Å². The van der Waals surface area contributed by atoms with E-state index in [1.54, 1.807) is 48.8 Å². The van der Waals surface area contributed by atoms with Crippen LogP contribution in [0.15, 0.2) is 69.9 Å². The molecule has 4 heteroatoms. The van der Waals surface area contributed by atoms with Gasteiger partial charge in [-0.2, -0.15) is 0 Å². The quantitative estimate of drug-likeness (QED) is 0.840. The van der Waals surface area contributed by atoms with Crippen molar-refractivity contribution in [2.24, 2.45) is 9.98 Å². The van der Waals surface area contributed by atoms with Crippen LogP contribution < -0.4 is 0 Å². The third-order valence-electron chi connectivity index (χ3n) is 3.19. The zero-order valence-corrected chi connectivity index (χ0v) is 12.6. The molecular weight excluding hydrogens is 276 g/mol. The normalized spacial score (nSPS) is 12.8. The number of hydrogen-bond donors (Lipinski definition) is 2. The maximum absolute atomic E-state index is 9.68. The fraction of sp³-hybridized carbons (Fsp3) is 0.111. The zero-order valence-electron chi connectivity index (χ0n) is 12.6. The minimum Gasteiger partial charge on any atom is -0.507 e. The topological polar surface area (TPSA) is 65.2 Å². The van der Waals surface area contributed by atoms with E-state index in [0.29, 0.717) is 11.1 Å². The molecule has 0 amide bonds. The van der Waals surface area contributed by atoms with Gasteiger partial charge < -0.3 is 10.2 Å². The van der Waals surface area contributed by atoms with Crippen LogP contribution in [0.2, 0.25) is 0 Å². The first kappa shape index (κ1) is 15.5. The summed E-state index contributed by atoms with van der Waals surface area (Å²) in [5.41, 5.74) is 2.77. The lowest BCUT2D eigenvalue weighted by atomic mass is 10.2. The SMILES string of the molecule is CC(N=Cc1ccccc1O)=C(C)N=Cc1ccccc1O. The molecule has 0 bridgehead atoms. The van der Waals surface area contributed by atoms with Crippen molar-refractivity contribution in [1.82, 2.24) is 0 Å². The Hall–Kier alpha value is -2.88. The second kappa shape index (κ2) is 7.22. The van der Waals surface area contributed by atoms with Crippen LogP contribution in [0.1, 0.15) is 25.0 Å². The lowest BCUT2D eigenvalue weighted by Gasteiger charge is -2.00. The molecule has 0 aliphatic rings. The Bertz CT molecular complexity index is 683. The number of phenolic OH excluding ortho intramolecular Hbond substituents is 2. The minimum absolute atomic E-state index is 0.189. The van der Waals surface area contributed by atoms with Crippen LogP contribution in [0.5, 0.6) is 11.5 Å². The second-order valence-corrected chi connectivity index (χ2v) is 4.80. The van der Waals surface area contributed by atoms with E-state index in [-0.39, 0.29) is 11.5 Å². The van der Waals surface area contributed by atoms with Gasteiger partial charge in [0.15, 0.2) is 0 Å². The molecule has 0 saturated heterocycles. The first-order valence-corrected chi connectivity index (χ1v) is 6.89. The number of benzene rings is 2. The van der Waals surface area contributed by atoms with Crippen LogP contribution in [-0.4, -0.2) is 22.6 Å². The predicted octanol–water partition coefficient (Wildman–Crippen LogP) is 3.89. The third kappa shape index (κ3) is 4.06. The summed E-state index contributed by atoms with van der Waals surface area (Å²) in [5, 5.41) is 19.4. The average molecular weight is 294 g/mol. The van der Waals surface area contributed by atoms with Gasteiger partial charge in [-0.15, -0.1) is 0 Å². The van der Waals surface area contributed by atoms with Gasteiger partial charge in [-0.05, 0) is 38.1 Å². The molecule has 4 nitrogen and oxygen atoms in total. The van der Waals surface area contributed by atoms with Crippen molar-refractivity contribution < 1.29 is 10.2 Å². The van der Waals surface area contributed by atoms with Crippen molar-refractivity contribution in [3.63, 3.8) is 0 Å². The van der Waals surface area contributed by atoms with Crippen molar-refractivity contribution >= 4 is 12.4 Å². The standard InChI is InChI=1S/C18H18N2O2/c1-13(19-11-15-7-3-5-9-17(15)21)14(2)20-12-16-8-4-6-10-18(16)22/h3-12,21-22H,1-2H3. The highest BCUT2D eigenvalue weighted by molar-refractivity contribution is 5.85. The molecule has 2 N–H and O–H groups in total. The van der Waals surface area contributed by atoms with Gasteiger partial charge in [0.1, 0.15) is 11.5 Å². The smallest absolute Gasteiger partial charge is 0.124 e. The van der Waals surface area contributed by atoms with Crippen LogP contribution in [0.3, 0.4) is 0 Å². The van der Waals surface area contributed by atoms with E-state index in [1.165, 1.54) is 0 Å². The van der Waals surface area contributed by atoms with E-state index < -0.39 is 0 Å². The van der Waals surface area contributed by atoms with Crippen LogP contribution in [0.25, 0.3) is 0 Å². The molecule has 0 heterocycles. The van der Waals surface area contributed by atoms with Crippen LogP contribution in [-0.2, 0) is 0 Å². The number of hydrogen-bond acceptors (Lipinski definition) is 4. The Morgan fingerprint density at radius 2 is 1.09 bits per heavy atom. The van der Waals surface area contributed by atoms with Gasteiger partial charge >= 0.3 is 0 Å². The van der Waals surface area contributed by atoms with E-state index >= 15 is 0 Å².